The molecule has 0 saturated heterocycles. The van der Waals surface area contributed by atoms with E-state index in [9.17, 15) is 9.90 Å². The van der Waals surface area contributed by atoms with E-state index in [1.807, 2.05) is 49.4 Å². The van der Waals surface area contributed by atoms with Crippen LogP contribution in [-0.4, -0.2) is 19.1 Å². The first-order valence-corrected chi connectivity index (χ1v) is 8.45. The quantitative estimate of drug-likeness (QED) is 0.709. The SMILES string of the molecule is CC[C@@H](N=c1cc(-c2ccc(OC)cc2)oc2ccc(C)cc12)C(=O)[O-]. The predicted octanol–water partition coefficient (Wildman–Crippen LogP) is 2.85. The van der Waals surface area contributed by atoms with Crippen molar-refractivity contribution in [3.05, 3.63) is 59.5 Å². The van der Waals surface area contributed by atoms with Crippen molar-refractivity contribution in [3.63, 3.8) is 0 Å². The molecule has 3 aromatic rings. The number of nitrogens with zero attached hydrogens (tertiary/aromatic N) is 1. The monoisotopic (exact) mass is 350 g/mol. The number of methoxy groups -OCH3 is 1. The fraction of sp³-hybridized carbons (Fsp3) is 0.238. The van der Waals surface area contributed by atoms with Gasteiger partial charge in [-0.2, -0.15) is 0 Å². The maximum Gasteiger partial charge on any atom is 0.136 e. The first-order chi connectivity index (χ1) is 12.5. The van der Waals surface area contributed by atoms with Crippen LogP contribution in [0.3, 0.4) is 0 Å². The van der Waals surface area contributed by atoms with Gasteiger partial charge in [-0.1, -0.05) is 18.6 Å². The lowest BCUT2D eigenvalue weighted by molar-refractivity contribution is -0.307. The highest BCUT2D eigenvalue weighted by Gasteiger charge is 2.09. The molecule has 0 saturated carbocycles. The summed E-state index contributed by atoms with van der Waals surface area (Å²) in [6.07, 6.45) is 0.361. The molecule has 26 heavy (non-hydrogen) atoms. The molecule has 0 fully saturated rings. The second-order valence-electron chi connectivity index (χ2n) is 6.10. The maximum absolute atomic E-state index is 11.3. The molecule has 3 rings (SSSR count). The van der Waals surface area contributed by atoms with Gasteiger partial charge in [0, 0.05) is 17.0 Å². The molecule has 0 spiro atoms. The van der Waals surface area contributed by atoms with Gasteiger partial charge < -0.3 is 19.1 Å². The molecule has 134 valence electrons. The van der Waals surface area contributed by atoms with Gasteiger partial charge in [0.15, 0.2) is 0 Å². The van der Waals surface area contributed by atoms with Gasteiger partial charge in [-0.15, -0.1) is 0 Å². The lowest BCUT2D eigenvalue weighted by Gasteiger charge is -2.12. The Labute approximate surface area is 151 Å². The average Bonchev–Trinajstić information content (AvgIpc) is 2.65. The van der Waals surface area contributed by atoms with Crippen molar-refractivity contribution in [2.45, 2.75) is 26.3 Å². The Morgan fingerprint density at radius 1 is 1.19 bits per heavy atom. The van der Waals surface area contributed by atoms with E-state index in [-0.39, 0.29) is 0 Å². The number of carboxylic acid groups (broad SMARTS) is 1. The molecule has 1 aromatic heterocycles. The second kappa shape index (κ2) is 7.44. The lowest BCUT2D eigenvalue weighted by atomic mass is 10.1. The summed E-state index contributed by atoms with van der Waals surface area (Å²) in [7, 11) is 1.61. The van der Waals surface area contributed by atoms with Crippen molar-refractivity contribution in [2.24, 2.45) is 4.99 Å². The van der Waals surface area contributed by atoms with E-state index in [4.69, 9.17) is 9.15 Å². The summed E-state index contributed by atoms with van der Waals surface area (Å²) in [5, 5.41) is 12.7. The Kier molecular flexibility index (Phi) is 5.07. The molecule has 5 nitrogen and oxygen atoms in total. The first kappa shape index (κ1) is 17.7. The summed E-state index contributed by atoms with van der Waals surface area (Å²) < 4.78 is 11.2. The van der Waals surface area contributed by atoms with Crippen LogP contribution in [0.2, 0.25) is 0 Å². The van der Waals surface area contributed by atoms with Crippen LogP contribution in [0.5, 0.6) is 5.75 Å². The topological polar surface area (TPSA) is 74.9 Å². The molecule has 0 N–H and O–H groups in total. The van der Waals surface area contributed by atoms with Crippen molar-refractivity contribution in [3.8, 4) is 17.1 Å². The van der Waals surface area contributed by atoms with Crippen LogP contribution < -0.4 is 15.2 Å². The van der Waals surface area contributed by atoms with Gasteiger partial charge in [0.1, 0.15) is 17.1 Å². The molecule has 0 amide bonds. The van der Waals surface area contributed by atoms with Gasteiger partial charge in [0.25, 0.3) is 0 Å². The van der Waals surface area contributed by atoms with Gasteiger partial charge in [-0.25, -0.2) is 0 Å². The highest BCUT2D eigenvalue weighted by Crippen LogP contribution is 2.25. The molecule has 1 heterocycles. The number of carbonyl (C=O) groups excluding carboxylic acids is 1. The number of fused-ring (bicyclic) bond motifs is 1. The third kappa shape index (κ3) is 3.61. The normalized spacial score (nSPS) is 13.0. The first-order valence-electron chi connectivity index (χ1n) is 8.45. The number of carboxylic acids is 1. The standard InChI is InChI=1S/C21H21NO4/c1-4-17(21(23)24)22-18-12-20(14-6-8-15(25-3)9-7-14)26-19-10-5-13(2)11-16(18)19/h5-12,17H,4H2,1-3H3,(H,23,24)/p-1/t17-/m1/s1. The van der Waals surface area contributed by atoms with Crippen molar-refractivity contribution in [2.75, 3.05) is 7.11 Å². The fourth-order valence-corrected chi connectivity index (χ4v) is 2.77. The molecule has 0 radical (unpaired) electrons. The van der Waals surface area contributed by atoms with Crippen LogP contribution in [0.1, 0.15) is 18.9 Å². The summed E-state index contributed by atoms with van der Waals surface area (Å²) in [5.74, 6) is 0.175. The van der Waals surface area contributed by atoms with Gasteiger partial charge in [-0.3, -0.25) is 4.99 Å². The Morgan fingerprint density at radius 2 is 1.92 bits per heavy atom. The summed E-state index contributed by atoms with van der Waals surface area (Å²) >= 11 is 0. The molecule has 5 heteroatoms. The molecule has 0 bridgehead atoms. The van der Waals surface area contributed by atoms with E-state index in [1.165, 1.54) is 0 Å². The van der Waals surface area contributed by atoms with Crippen molar-refractivity contribution in [1.82, 2.24) is 0 Å². The number of hydrogen-bond donors (Lipinski definition) is 0. The number of aliphatic carboxylic acids is 1. The number of carbonyl (C=O) groups is 1. The molecular weight excluding hydrogens is 330 g/mol. The summed E-state index contributed by atoms with van der Waals surface area (Å²) in [6, 6.07) is 14.1. The lowest BCUT2D eigenvalue weighted by Crippen LogP contribution is -2.35. The van der Waals surface area contributed by atoms with Gasteiger partial charge in [0.2, 0.25) is 0 Å². The van der Waals surface area contributed by atoms with Gasteiger partial charge >= 0.3 is 0 Å². The van der Waals surface area contributed by atoms with E-state index in [1.54, 1.807) is 20.1 Å². The van der Waals surface area contributed by atoms with E-state index in [2.05, 4.69) is 4.99 Å². The molecule has 0 aliphatic rings. The van der Waals surface area contributed by atoms with E-state index >= 15 is 0 Å². The van der Waals surface area contributed by atoms with Crippen LogP contribution in [0.15, 0.2) is 57.9 Å². The zero-order valence-electron chi connectivity index (χ0n) is 15.0. The molecule has 0 aliphatic heterocycles. The zero-order chi connectivity index (χ0) is 18.7. The number of aryl methyl sites for hydroxylation is 1. The minimum absolute atomic E-state index is 0.361. The van der Waals surface area contributed by atoms with Crippen molar-refractivity contribution in [1.29, 1.82) is 0 Å². The third-order valence-electron chi connectivity index (χ3n) is 4.23. The van der Waals surface area contributed by atoms with E-state index in [0.717, 1.165) is 22.3 Å². The van der Waals surface area contributed by atoms with Gasteiger partial charge in [-0.05, 0) is 49.7 Å². The number of benzene rings is 2. The highest BCUT2D eigenvalue weighted by molar-refractivity contribution is 5.79. The van der Waals surface area contributed by atoms with Crippen LogP contribution >= 0.6 is 0 Å². The maximum atomic E-state index is 11.3. The van der Waals surface area contributed by atoms with Crippen LogP contribution in [0, 0.1) is 6.92 Å². The molecule has 0 aliphatic carbocycles. The smallest absolute Gasteiger partial charge is 0.136 e. The van der Waals surface area contributed by atoms with Crippen LogP contribution in [-0.2, 0) is 4.79 Å². The zero-order valence-corrected chi connectivity index (χ0v) is 15.0. The highest BCUT2D eigenvalue weighted by atomic mass is 16.5. The Bertz CT molecular complexity index is 1000. The summed E-state index contributed by atoms with van der Waals surface area (Å²) in [5.41, 5.74) is 2.55. The summed E-state index contributed by atoms with van der Waals surface area (Å²) in [4.78, 5) is 15.7. The van der Waals surface area contributed by atoms with Crippen molar-refractivity contribution < 1.29 is 19.1 Å². The Morgan fingerprint density at radius 3 is 2.54 bits per heavy atom. The average molecular weight is 350 g/mol. The second-order valence-corrected chi connectivity index (χ2v) is 6.10. The molecule has 2 aromatic carbocycles. The van der Waals surface area contributed by atoms with E-state index < -0.39 is 12.0 Å². The molecule has 1 atom stereocenters. The molecular formula is C21H20NO4-. The number of hydrogen-bond acceptors (Lipinski definition) is 5. The largest absolute Gasteiger partial charge is 0.548 e. The summed E-state index contributed by atoms with van der Waals surface area (Å²) in [6.45, 7) is 3.74. The van der Waals surface area contributed by atoms with E-state index in [0.29, 0.717) is 23.1 Å². The Balaban J connectivity index is 2.24. The van der Waals surface area contributed by atoms with Crippen molar-refractivity contribution >= 4 is 16.9 Å². The third-order valence-corrected chi connectivity index (χ3v) is 4.23. The molecule has 0 unspecified atom stereocenters. The number of rotatable bonds is 5. The minimum Gasteiger partial charge on any atom is -0.548 e. The van der Waals surface area contributed by atoms with Crippen LogP contribution in [0.4, 0.5) is 0 Å². The predicted molar refractivity (Wildman–Crippen MR) is 97.6 cm³/mol. The minimum atomic E-state index is -1.18. The van der Waals surface area contributed by atoms with Crippen LogP contribution in [0.25, 0.3) is 22.3 Å². The Hall–Kier alpha value is -3.08. The number of ether oxygens (including phenoxy) is 1. The van der Waals surface area contributed by atoms with Gasteiger partial charge in [0.05, 0.1) is 24.5 Å². The fourth-order valence-electron chi connectivity index (χ4n) is 2.77.